The van der Waals surface area contributed by atoms with Gasteiger partial charge < -0.3 is 4.43 Å². The molecule has 0 N–H and O–H groups in total. The second kappa shape index (κ2) is 7.07. The normalized spacial score (nSPS) is 14.4. The van der Waals surface area contributed by atoms with Crippen LogP contribution in [0.15, 0.2) is 54.6 Å². The number of alkyl halides is 3. The van der Waals surface area contributed by atoms with Gasteiger partial charge in [0.05, 0.1) is 0 Å². The minimum absolute atomic E-state index is 0.0193. The maximum absolute atomic E-state index is 14.2. The van der Waals surface area contributed by atoms with E-state index in [4.69, 9.17) is 4.43 Å². The number of benzene rings is 2. The fourth-order valence-electron chi connectivity index (χ4n) is 2.45. The average Bonchev–Trinajstić information content (AvgIpc) is 2.50. The van der Waals surface area contributed by atoms with Crippen LogP contribution in [-0.2, 0) is 10.0 Å². The Labute approximate surface area is 148 Å². The molecule has 1 atom stereocenters. The summed E-state index contributed by atoms with van der Waals surface area (Å²) in [6.07, 6.45) is -4.66. The van der Waals surface area contributed by atoms with Crippen molar-refractivity contribution in [1.29, 1.82) is 0 Å². The minimum atomic E-state index is -4.66. The van der Waals surface area contributed by atoms with Gasteiger partial charge in [-0.2, -0.15) is 13.2 Å². The van der Waals surface area contributed by atoms with Gasteiger partial charge in [-0.15, -0.1) is 0 Å². The van der Waals surface area contributed by atoms with E-state index in [0.29, 0.717) is 5.56 Å². The Kier molecular flexibility index (Phi) is 5.45. The Balaban J connectivity index is 2.70. The van der Waals surface area contributed by atoms with Crippen LogP contribution in [-0.4, -0.2) is 14.5 Å². The fourth-order valence-corrected chi connectivity index (χ4v) is 3.66. The van der Waals surface area contributed by atoms with Gasteiger partial charge in [0.2, 0.25) is 5.60 Å². The van der Waals surface area contributed by atoms with E-state index in [-0.39, 0.29) is 5.56 Å². The lowest BCUT2D eigenvalue weighted by molar-refractivity contribution is -0.233. The van der Waals surface area contributed by atoms with Crippen molar-refractivity contribution in [2.45, 2.75) is 38.3 Å². The summed E-state index contributed by atoms with van der Waals surface area (Å²) in [5.41, 5.74) is -1.38. The van der Waals surface area contributed by atoms with E-state index < -0.39 is 20.1 Å². The molecule has 0 aliphatic heterocycles. The molecule has 0 heterocycles. The first-order valence-corrected chi connectivity index (χ1v) is 11.4. The second-order valence-electron chi connectivity index (χ2n) is 6.88. The molecule has 132 valence electrons. The molecular weight excluding hydrogens is 341 g/mol. The zero-order chi connectivity index (χ0) is 18.7. The number of hydrogen-bond donors (Lipinski definition) is 0. The summed E-state index contributed by atoms with van der Waals surface area (Å²) in [4.78, 5) is 0. The number of halogens is 3. The number of rotatable bonds is 3. The van der Waals surface area contributed by atoms with Crippen LogP contribution in [0.4, 0.5) is 13.2 Å². The van der Waals surface area contributed by atoms with E-state index in [1.807, 2.05) is 0 Å². The molecule has 0 saturated heterocycles. The third kappa shape index (κ3) is 4.74. The SMILES string of the molecule is Cc1cccc(C(C#Cc2ccccc2)(O[Si](C)(C)C)C(F)(F)F)c1. The summed E-state index contributed by atoms with van der Waals surface area (Å²) >= 11 is 0. The minimum Gasteiger partial charge on any atom is -0.391 e. The van der Waals surface area contributed by atoms with Crippen LogP contribution < -0.4 is 0 Å². The van der Waals surface area contributed by atoms with Gasteiger partial charge in [0, 0.05) is 11.1 Å². The first kappa shape index (κ1) is 19.3. The van der Waals surface area contributed by atoms with Gasteiger partial charge in [0.25, 0.3) is 0 Å². The summed E-state index contributed by atoms with van der Waals surface area (Å²) in [6, 6.07) is 14.9. The van der Waals surface area contributed by atoms with Crippen molar-refractivity contribution < 1.29 is 17.6 Å². The van der Waals surface area contributed by atoms with E-state index in [1.165, 1.54) is 12.1 Å². The third-order valence-corrected chi connectivity index (χ3v) is 4.36. The third-order valence-electron chi connectivity index (χ3n) is 3.44. The highest BCUT2D eigenvalue weighted by atomic mass is 28.4. The first-order chi connectivity index (χ1) is 11.5. The van der Waals surface area contributed by atoms with Crippen LogP contribution in [0.25, 0.3) is 0 Å². The molecular formula is C20H21F3OSi. The Morgan fingerprint density at radius 1 is 0.920 bits per heavy atom. The smallest absolute Gasteiger partial charge is 0.391 e. The predicted octanol–water partition coefficient (Wildman–Crippen LogP) is 5.66. The molecule has 0 aromatic heterocycles. The highest BCUT2D eigenvalue weighted by Crippen LogP contribution is 2.44. The molecule has 0 spiro atoms. The van der Waals surface area contributed by atoms with Crippen LogP contribution in [0.5, 0.6) is 0 Å². The molecule has 2 aromatic rings. The molecule has 1 unspecified atom stereocenters. The van der Waals surface area contributed by atoms with Gasteiger partial charge in [0.15, 0.2) is 8.32 Å². The van der Waals surface area contributed by atoms with Crippen molar-refractivity contribution in [3.63, 3.8) is 0 Å². The van der Waals surface area contributed by atoms with Gasteiger partial charge >= 0.3 is 6.18 Å². The molecule has 1 nitrogen and oxygen atoms in total. The van der Waals surface area contributed by atoms with E-state index >= 15 is 0 Å². The van der Waals surface area contributed by atoms with Crippen molar-refractivity contribution >= 4 is 8.32 Å². The van der Waals surface area contributed by atoms with Crippen molar-refractivity contribution in [2.75, 3.05) is 0 Å². The van der Waals surface area contributed by atoms with Crippen LogP contribution in [0.3, 0.4) is 0 Å². The molecule has 0 aliphatic rings. The summed E-state index contributed by atoms with van der Waals surface area (Å²) < 4.78 is 48.4. The Bertz CT molecular complexity index is 782. The van der Waals surface area contributed by atoms with E-state index in [1.54, 1.807) is 69.0 Å². The standard InChI is InChI=1S/C20H21F3OSi/c1-16-9-8-12-18(15-16)19(20(21,22)23,24-25(2,3)4)14-13-17-10-6-5-7-11-17/h5-12,15H,1-4H3. The summed E-state index contributed by atoms with van der Waals surface area (Å²) in [5.74, 6) is 5.09. The highest BCUT2D eigenvalue weighted by molar-refractivity contribution is 6.69. The second-order valence-corrected chi connectivity index (χ2v) is 11.3. The molecule has 2 aromatic carbocycles. The summed E-state index contributed by atoms with van der Waals surface area (Å²) in [6.45, 7) is 6.94. The molecule has 0 fully saturated rings. The maximum Gasteiger partial charge on any atom is 0.432 e. The first-order valence-electron chi connectivity index (χ1n) is 7.96. The van der Waals surface area contributed by atoms with Crippen LogP contribution >= 0.6 is 0 Å². The quantitative estimate of drug-likeness (QED) is 0.506. The van der Waals surface area contributed by atoms with E-state index in [0.717, 1.165) is 5.56 Å². The molecule has 0 radical (unpaired) electrons. The van der Waals surface area contributed by atoms with E-state index in [9.17, 15) is 13.2 Å². The lowest BCUT2D eigenvalue weighted by Crippen LogP contribution is -2.50. The van der Waals surface area contributed by atoms with Gasteiger partial charge in [-0.1, -0.05) is 53.9 Å². The topological polar surface area (TPSA) is 9.23 Å². The predicted molar refractivity (Wildman–Crippen MR) is 96.7 cm³/mol. The monoisotopic (exact) mass is 362 g/mol. The highest BCUT2D eigenvalue weighted by Gasteiger charge is 2.58. The number of hydrogen-bond acceptors (Lipinski definition) is 1. The largest absolute Gasteiger partial charge is 0.432 e. The lowest BCUT2D eigenvalue weighted by atomic mass is 9.92. The molecule has 5 heteroatoms. The molecule has 0 amide bonds. The number of aryl methyl sites for hydroxylation is 1. The zero-order valence-electron chi connectivity index (χ0n) is 14.7. The van der Waals surface area contributed by atoms with Crippen molar-refractivity contribution in [2.24, 2.45) is 0 Å². The van der Waals surface area contributed by atoms with Crippen LogP contribution in [0, 0.1) is 18.8 Å². The maximum atomic E-state index is 14.2. The fraction of sp³-hybridized carbons (Fsp3) is 0.300. The summed E-state index contributed by atoms with van der Waals surface area (Å²) in [5, 5.41) is 0. The molecule has 0 bridgehead atoms. The van der Waals surface area contributed by atoms with Crippen molar-refractivity contribution in [3.05, 3.63) is 71.3 Å². The molecule has 2 rings (SSSR count). The Hall–Kier alpha value is -2.03. The summed E-state index contributed by atoms with van der Waals surface area (Å²) in [7, 11) is -2.56. The average molecular weight is 362 g/mol. The zero-order valence-corrected chi connectivity index (χ0v) is 15.7. The van der Waals surface area contributed by atoms with Crippen LogP contribution in [0.1, 0.15) is 16.7 Å². The lowest BCUT2D eigenvalue weighted by Gasteiger charge is -2.37. The van der Waals surface area contributed by atoms with Gasteiger partial charge in [-0.3, -0.25) is 0 Å². The molecule has 0 saturated carbocycles. The van der Waals surface area contributed by atoms with Crippen molar-refractivity contribution in [3.8, 4) is 11.8 Å². The Morgan fingerprint density at radius 3 is 2.08 bits per heavy atom. The molecule has 25 heavy (non-hydrogen) atoms. The van der Waals surface area contributed by atoms with Gasteiger partial charge in [0.1, 0.15) is 0 Å². The Morgan fingerprint density at radius 2 is 1.56 bits per heavy atom. The van der Waals surface area contributed by atoms with Gasteiger partial charge in [-0.25, -0.2) is 0 Å². The van der Waals surface area contributed by atoms with E-state index in [2.05, 4.69) is 11.8 Å². The van der Waals surface area contributed by atoms with Crippen LogP contribution in [0.2, 0.25) is 19.6 Å². The molecule has 0 aliphatic carbocycles. The van der Waals surface area contributed by atoms with Gasteiger partial charge in [-0.05, 0) is 44.6 Å². The van der Waals surface area contributed by atoms with Crippen molar-refractivity contribution in [1.82, 2.24) is 0 Å².